The van der Waals surface area contributed by atoms with Gasteiger partial charge in [-0.1, -0.05) is 46.4 Å². The van der Waals surface area contributed by atoms with Crippen molar-refractivity contribution in [3.8, 4) is 17.0 Å². The van der Waals surface area contributed by atoms with E-state index in [1.165, 1.54) is 17.4 Å². The number of halogens is 4. The molecular weight excluding hydrogens is 524 g/mol. The van der Waals surface area contributed by atoms with Crippen LogP contribution in [-0.2, 0) is 0 Å². The summed E-state index contributed by atoms with van der Waals surface area (Å²) in [4.78, 5) is 16.7. The lowest BCUT2D eigenvalue weighted by Gasteiger charge is -2.05. The molecule has 0 fully saturated rings. The van der Waals surface area contributed by atoms with Crippen molar-refractivity contribution in [3.05, 3.63) is 97.3 Å². The number of thiazole rings is 1. The number of anilines is 1. The minimum Gasteiger partial charge on any atom is -0.423 e. The molecule has 0 aliphatic heterocycles. The van der Waals surface area contributed by atoms with E-state index in [0.29, 0.717) is 31.5 Å². The minimum atomic E-state index is -0.531. The van der Waals surface area contributed by atoms with Crippen molar-refractivity contribution in [2.45, 2.75) is 0 Å². The Bertz CT molecular complexity index is 1340. The van der Waals surface area contributed by atoms with Crippen LogP contribution in [0.2, 0.25) is 20.1 Å². The molecule has 0 aliphatic rings. The van der Waals surface area contributed by atoms with Gasteiger partial charge in [0.05, 0.1) is 32.5 Å². The van der Waals surface area contributed by atoms with Crippen molar-refractivity contribution in [2.75, 3.05) is 5.43 Å². The standard InChI is InChI=1S/C23H13Cl4N3O2S/c24-15-4-7-17(19(26)10-15)21-12-33-23(29-21)30-28-11-13-1-5-16(6-2-13)32-22(31)14-3-8-18(25)20(27)9-14/h1-12H,(H,29,30)/b28-11+. The second-order valence-corrected chi connectivity index (χ2v) is 9.14. The summed E-state index contributed by atoms with van der Waals surface area (Å²) >= 11 is 25.4. The first-order valence-electron chi connectivity index (χ1n) is 9.36. The quantitative estimate of drug-likeness (QED) is 0.117. The molecular formula is C23H13Cl4N3O2S. The Morgan fingerprint density at radius 3 is 2.45 bits per heavy atom. The van der Waals surface area contributed by atoms with Crippen molar-refractivity contribution in [1.82, 2.24) is 4.98 Å². The average molecular weight is 537 g/mol. The summed E-state index contributed by atoms with van der Waals surface area (Å²) in [5.74, 6) is -0.141. The molecule has 1 aromatic heterocycles. The van der Waals surface area contributed by atoms with Crippen LogP contribution in [0.4, 0.5) is 5.13 Å². The molecule has 5 nitrogen and oxygen atoms in total. The minimum absolute atomic E-state index is 0.286. The van der Waals surface area contributed by atoms with E-state index in [9.17, 15) is 4.79 Å². The number of carbonyl (C=O) groups excluding carboxylic acids is 1. The first-order chi connectivity index (χ1) is 15.9. The highest BCUT2D eigenvalue weighted by molar-refractivity contribution is 7.14. The number of nitrogens with one attached hydrogen (secondary N) is 1. The summed E-state index contributed by atoms with van der Waals surface area (Å²) in [6, 6.07) is 16.7. The molecule has 0 spiro atoms. The number of aromatic nitrogens is 1. The lowest BCUT2D eigenvalue weighted by atomic mass is 10.2. The highest BCUT2D eigenvalue weighted by atomic mass is 35.5. The molecule has 0 amide bonds. The monoisotopic (exact) mass is 535 g/mol. The Morgan fingerprint density at radius 2 is 1.73 bits per heavy atom. The van der Waals surface area contributed by atoms with E-state index in [0.717, 1.165) is 16.8 Å². The fourth-order valence-electron chi connectivity index (χ4n) is 2.72. The summed E-state index contributed by atoms with van der Waals surface area (Å²) in [6.45, 7) is 0. The molecule has 3 aromatic carbocycles. The lowest BCUT2D eigenvalue weighted by Crippen LogP contribution is -2.08. The van der Waals surface area contributed by atoms with Gasteiger partial charge in [-0.2, -0.15) is 5.10 Å². The van der Waals surface area contributed by atoms with Crippen molar-refractivity contribution in [2.24, 2.45) is 5.10 Å². The van der Waals surface area contributed by atoms with Gasteiger partial charge in [0.25, 0.3) is 0 Å². The predicted molar refractivity (Wildman–Crippen MR) is 137 cm³/mol. The van der Waals surface area contributed by atoms with Crippen LogP contribution >= 0.6 is 57.7 Å². The molecule has 0 bridgehead atoms. The van der Waals surface area contributed by atoms with E-state index in [2.05, 4.69) is 15.5 Å². The fraction of sp³-hybridized carbons (Fsp3) is 0. The van der Waals surface area contributed by atoms with Gasteiger partial charge >= 0.3 is 5.97 Å². The Hall–Kier alpha value is -2.61. The smallest absolute Gasteiger partial charge is 0.343 e. The molecule has 0 atom stereocenters. The Kier molecular flexibility index (Phi) is 7.53. The second kappa shape index (κ2) is 10.5. The van der Waals surface area contributed by atoms with E-state index < -0.39 is 5.97 Å². The van der Waals surface area contributed by atoms with Crippen LogP contribution < -0.4 is 10.2 Å². The number of hydrazone groups is 1. The Labute approximate surface area is 213 Å². The van der Waals surface area contributed by atoms with Crippen LogP contribution in [0.25, 0.3) is 11.3 Å². The van der Waals surface area contributed by atoms with E-state index >= 15 is 0 Å². The van der Waals surface area contributed by atoms with Crippen LogP contribution in [-0.4, -0.2) is 17.2 Å². The molecule has 1 N–H and O–H groups in total. The van der Waals surface area contributed by atoms with Crippen LogP contribution in [0.1, 0.15) is 15.9 Å². The van der Waals surface area contributed by atoms with Crippen LogP contribution in [0.15, 0.2) is 71.1 Å². The maximum Gasteiger partial charge on any atom is 0.343 e. The van der Waals surface area contributed by atoms with Gasteiger partial charge in [-0.15, -0.1) is 11.3 Å². The molecule has 0 saturated heterocycles. The summed E-state index contributed by atoms with van der Waals surface area (Å²) in [6.07, 6.45) is 1.63. The third-order valence-corrected chi connectivity index (χ3v) is 6.36. The number of ether oxygens (including phenoxy) is 1. The van der Waals surface area contributed by atoms with E-state index in [-0.39, 0.29) is 5.02 Å². The number of hydrogen-bond donors (Lipinski definition) is 1. The third-order valence-electron chi connectivity index (χ3n) is 4.33. The van der Waals surface area contributed by atoms with Crippen LogP contribution in [0.5, 0.6) is 5.75 Å². The van der Waals surface area contributed by atoms with Crippen LogP contribution in [0, 0.1) is 0 Å². The summed E-state index contributed by atoms with van der Waals surface area (Å²) in [5.41, 5.74) is 5.52. The topological polar surface area (TPSA) is 63.6 Å². The second-order valence-electron chi connectivity index (χ2n) is 6.62. The van der Waals surface area contributed by atoms with Crippen LogP contribution in [0.3, 0.4) is 0 Å². The molecule has 166 valence electrons. The summed E-state index contributed by atoms with van der Waals surface area (Å²) < 4.78 is 5.36. The van der Waals surface area contributed by atoms with E-state index in [4.69, 9.17) is 51.1 Å². The average Bonchev–Trinajstić information content (AvgIpc) is 3.25. The maximum atomic E-state index is 12.3. The number of rotatable bonds is 6. The molecule has 33 heavy (non-hydrogen) atoms. The Morgan fingerprint density at radius 1 is 0.939 bits per heavy atom. The zero-order valence-corrected chi connectivity index (χ0v) is 20.4. The molecule has 1 heterocycles. The molecule has 0 unspecified atom stereocenters. The van der Waals surface area contributed by atoms with Gasteiger partial charge < -0.3 is 4.74 Å². The number of nitrogens with zero attached hydrogens (tertiary/aromatic N) is 2. The molecule has 0 radical (unpaired) electrons. The SMILES string of the molecule is O=C(Oc1ccc(/C=N/Nc2nc(-c3ccc(Cl)cc3Cl)cs2)cc1)c1ccc(Cl)c(Cl)c1. The third kappa shape index (κ3) is 6.05. The van der Waals surface area contributed by atoms with Gasteiger partial charge in [0, 0.05) is 16.0 Å². The largest absolute Gasteiger partial charge is 0.423 e. The van der Waals surface area contributed by atoms with Gasteiger partial charge in [-0.3, -0.25) is 5.43 Å². The first-order valence-corrected chi connectivity index (χ1v) is 11.8. The number of benzene rings is 3. The Balaban J connectivity index is 1.35. The van der Waals surface area contributed by atoms with Crippen molar-refractivity contribution in [1.29, 1.82) is 0 Å². The van der Waals surface area contributed by atoms with Crippen molar-refractivity contribution >= 4 is 75.1 Å². The van der Waals surface area contributed by atoms with E-state index in [1.807, 2.05) is 11.4 Å². The molecule has 10 heteroatoms. The normalized spacial score (nSPS) is 11.0. The van der Waals surface area contributed by atoms with E-state index in [1.54, 1.807) is 54.7 Å². The fourth-order valence-corrected chi connectivity index (χ4v) is 4.18. The summed E-state index contributed by atoms with van der Waals surface area (Å²) in [5, 5.41) is 8.44. The zero-order chi connectivity index (χ0) is 23.4. The highest BCUT2D eigenvalue weighted by Gasteiger charge is 2.11. The predicted octanol–water partition coefficient (Wildman–Crippen LogP) is 8.09. The van der Waals surface area contributed by atoms with Gasteiger partial charge in [0.2, 0.25) is 5.13 Å². The van der Waals surface area contributed by atoms with Gasteiger partial charge in [0.15, 0.2) is 0 Å². The number of hydrogen-bond acceptors (Lipinski definition) is 6. The highest BCUT2D eigenvalue weighted by Crippen LogP contribution is 2.32. The molecule has 0 saturated carbocycles. The van der Waals surface area contributed by atoms with Gasteiger partial charge in [0.1, 0.15) is 5.75 Å². The number of esters is 1. The first kappa shape index (κ1) is 23.5. The van der Waals surface area contributed by atoms with Gasteiger partial charge in [-0.05, 0) is 66.2 Å². The lowest BCUT2D eigenvalue weighted by molar-refractivity contribution is 0.0735. The molecule has 4 aromatic rings. The maximum absolute atomic E-state index is 12.3. The molecule has 4 rings (SSSR count). The zero-order valence-electron chi connectivity index (χ0n) is 16.6. The molecule has 0 aliphatic carbocycles. The number of carbonyl (C=O) groups is 1. The van der Waals surface area contributed by atoms with Gasteiger partial charge in [-0.25, -0.2) is 9.78 Å². The van der Waals surface area contributed by atoms with Crippen molar-refractivity contribution < 1.29 is 9.53 Å². The van der Waals surface area contributed by atoms with Crippen molar-refractivity contribution in [3.63, 3.8) is 0 Å². The summed E-state index contributed by atoms with van der Waals surface area (Å²) in [7, 11) is 0.